The van der Waals surface area contributed by atoms with Crippen LogP contribution in [0.1, 0.15) is 26.3 Å². The number of anilines is 1. The zero-order valence-electron chi connectivity index (χ0n) is 14.7. The van der Waals surface area contributed by atoms with Gasteiger partial charge in [-0.3, -0.25) is 9.59 Å². The second kappa shape index (κ2) is 6.39. The van der Waals surface area contributed by atoms with Gasteiger partial charge in [-0.2, -0.15) is 0 Å². The summed E-state index contributed by atoms with van der Waals surface area (Å²) in [4.78, 5) is 30.6. The summed E-state index contributed by atoms with van der Waals surface area (Å²) in [5.74, 6) is -0.325. The molecule has 1 N–H and O–H groups in total. The molecule has 0 aliphatic carbocycles. The Balaban J connectivity index is 1.89. The van der Waals surface area contributed by atoms with Gasteiger partial charge < -0.3 is 14.8 Å². The van der Waals surface area contributed by atoms with Crippen LogP contribution in [0, 0.1) is 6.92 Å². The lowest BCUT2D eigenvalue weighted by molar-refractivity contribution is 0.0826. The zero-order valence-corrected chi connectivity index (χ0v) is 14.7. The molecule has 0 fully saturated rings. The molecule has 0 bridgehead atoms. The van der Waals surface area contributed by atoms with Crippen molar-refractivity contribution in [1.82, 2.24) is 14.5 Å². The summed E-state index contributed by atoms with van der Waals surface area (Å²) in [6.45, 7) is 1.83. The number of aryl methyl sites for hydroxylation is 1. The SMILES string of the molecule is Cc1c(NC(=O)c2ccc3c(c2)ncn3C)cccc1C(=O)N(C)C. The molecule has 2 amide bonds. The number of carbonyl (C=O) groups excluding carboxylic acids is 2. The van der Waals surface area contributed by atoms with Gasteiger partial charge in [0.2, 0.25) is 0 Å². The minimum atomic E-state index is -0.231. The van der Waals surface area contributed by atoms with Gasteiger partial charge in [0.05, 0.1) is 17.4 Å². The van der Waals surface area contributed by atoms with Crippen molar-refractivity contribution < 1.29 is 9.59 Å². The van der Waals surface area contributed by atoms with Gasteiger partial charge in [0.15, 0.2) is 0 Å². The van der Waals surface area contributed by atoms with Gasteiger partial charge >= 0.3 is 0 Å². The number of carbonyl (C=O) groups is 2. The van der Waals surface area contributed by atoms with Crippen molar-refractivity contribution in [1.29, 1.82) is 0 Å². The van der Waals surface area contributed by atoms with E-state index in [4.69, 9.17) is 0 Å². The molecular formula is C19H20N4O2. The third-order valence-electron chi connectivity index (χ3n) is 4.21. The summed E-state index contributed by atoms with van der Waals surface area (Å²) in [5.41, 5.74) is 4.19. The maximum absolute atomic E-state index is 12.6. The molecule has 0 aliphatic rings. The number of nitrogens with one attached hydrogen (secondary N) is 1. The number of hydrogen-bond acceptors (Lipinski definition) is 3. The maximum atomic E-state index is 12.6. The Morgan fingerprint density at radius 3 is 2.64 bits per heavy atom. The Kier molecular flexibility index (Phi) is 4.27. The number of aromatic nitrogens is 2. The molecule has 3 aromatic rings. The first kappa shape index (κ1) is 16.7. The lowest BCUT2D eigenvalue weighted by Gasteiger charge is -2.15. The highest BCUT2D eigenvalue weighted by molar-refractivity contribution is 6.07. The fraction of sp³-hybridized carbons (Fsp3) is 0.211. The Morgan fingerprint density at radius 1 is 1.16 bits per heavy atom. The van der Waals surface area contributed by atoms with Gasteiger partial charge in [0, 0.05) is 38.0 Å². The molecule has 0 spiro atoms. The second-order valence-corrected chi connectivity index (χ2v) is 6.19. The van der Waals surface area contributed by atoms with Crippen LogP contribution in [0.2, 0.25) is 0 Å². The predicted octanol–water partition coefficient (Wildman–Crippen LogP) is 2.84. The Hall–Kier alpha value is -3.15. The first-order chi connectivity index (χ1) is 11.9. The average Bonchev–Trinajstić information content (AvgIpc) is 2.96. The van der Waals surface area contributed by atoms with Gasteiger partial charge in [-0.25, -0.2) is 4.98 Å². The Bertz CT molecular complexity index is 973. The summed E-state index contributed by atoms with van der Waals surface area (Å²) in [7, 11) is 5.32. The van der Waals surface area contributed by atoms with E-state index in [2.05, 4.69) is 10.3 Å². The van der Waals surface area contributed by atoms with E-state index >= 15 is 0 Å². The van der Waals surface area contributed by atoms with Gasteiger partial charge in [-0.05, 0) is 42.8 Å². The lowest BCUT2D eigenvalue weighted by atomic mass is 10.1. The minimum Gasteiger partial charge on any atom is -0.345 e. The van der Waals surface area contributed by atoms with Crippen LogP contribution in [-0.4, -0.2) is 40.4 Å². The third-order valence-corrected chi connectivity index (χ3v) is 4.21. The van der Waals surface area contributed by atoms with Crippen molar-refractivity contribution >= 4 is 28.5 Å². The summed E-state index contributed by atoms with van der Waals surface area (Å²) in [5, 5.41) is 2.89. The van der Waals surface area contributed by atoms with Crippen molar-refractivity contribution in [2.24, 2.45) is 7.05 Å². The van der Waals surface area contributed by atoms with Gasteiger partial charge in [0.1, 0.15) is 0 Å². The topological polar surface area (TPSA) is 67.2 Å². The van der Waals surface area contributed by atoms with Crippen molar-refractivity contribution in [2.75, 3.05) is 19.4 Å². The van der Waals surface area contributed by atoms with Crippen molar-refractivity contribution in [3.05, 3.63) is 59.4 Å². The highest BCUT2D eigenvalue weighted by atomic mass is 16.2. The quantitative estimate of drug-likeness (QED) is 0.800. The zero-order chi connectivity index (χ0) is 18.1. The van der Waals surface area contributed by atoms with E-state index in [9.17, 15) is 9.59 Å². The molecule has 6 nitrogen and oxygen atoms in total. The number of imidazole rings is 1. The minimum absolute atomic E-state index is 0.0940. The molecule has 3 rings (SSSR count). The van der Waals surface area contributed by atoms with Gasteiger partial charge in [-0.1, -0.05) is 6.07 Å². The third kappa shape index (κ3) is 3.10. The van der Waals surface area contributed by atoms with E-state index in [0.29, 0.717) is 16.8 Å². The number of fused-ring (bicyclic) bond motifs is 1. The molecule has 1 heterocycles. The van der Waals surface area contributed by atoms with Crippen molar-refractivity contribution in [2.45, 2.75) is 6.92 Å². The normalized spacial score (nSPS) is 10.7. The molecule has 0 aliphatic heterocycles. The standard InChI is InChI=1S/C19H20N4O2/c1-12-14(19(25)22(2)3)6-5-7-15(12)21-18(24)13-8-9-17-16(10-13)20-11-23(17)4/h5-11H,1-4H3,(H,21,24). The van der Waals surface area contributed by atoms with E-state index in [1.165, 1.54) is 4.90 Å². The van der Waals surface area contributed by atoms with Crippen LogP contribution < -0.4 is 5.32 Å². The highest BCUT2D eigenvalue weighted by Crippen LogP contribution is 2.21. The number of amides is 2. The first-order valence-electron chi connectivity index (χ1n) is 7.92. The van der Waals surface area contributed by atoms with Crippen molar-refractivity contribution in [3.8, 4) is 0 Å². The molecule has 25 heavy (non-hydrogen) atoms. The molecule has 2 aromatic carbocycles. The first-order valence-corrected chi connectivity index (χ1v) is 7.92. The van der Waals surface area contributed by atoms with E-state index in [0.717, 1.165) is 16.6 Å². The monoisotopic (exact) mass is 336 g/mol. The molecule has 128 valence electrons. The number of hydrogen-bond donors (Lipinski definition) is 1. The Labute approximate surface area is 146 Å². The van der Waals surface area contributed by atoms with Crippen LogP contribution in [0.5, 0.6) is 0 Å². The van der Waals surface area contributed by atoms with Gasteiger partial charge in [-0.15, -0.1) is 0 Å². The van der Waals surface area contributed by atoms with E-state index in [1.54, 1.807) is 50.8 Å². The van der Waals surface area contributed by atoms with Crippen LogP contribution in [0.15, 0.2) is 42.7 Å². The summed E-state index contributed by atoms with van der Waals surface area (Å²) in [6, 6.07) is 10.7. The van der Waals surface area contributed by atoms with Crippen molar-refractivity contribution in [3.63, 3.8) is 0 Å². The van der Waals surface area contributed by atoms with Crippen LogP contribution in [0.25, 0.3) is 11.0 Å². The number of rotatable bonds is 3. The predicted molar refractivity (Wildman–Crippen MR) is 97.9 cm³/mol. The molecule has 0 saturated carbocycles. The fourth-order valence-corrected chi connectivity index (χ4v) is 2.72. The van der Waals surface area contributed by atoms with E-state index in [-0.39, 0.29) is 11.8 Å². The molecule has 0 atom stereocenters. The van der Waals surface area contributed by atoms with Crippen LogP contribution >= 0.6 is 0 Å². The van der Waals surface area contributed by atoms with E-state index < -0.39 is 0 Å². The summed E-state index contributed by atoms with van der Waals surface area (Å²) in [6.07, 6.45) is 1.72. The average molecular weight is 336 g/mol. The summed E-state index contributed by atoms with van der Waals surface area (Å²) < 4.78 is 1.90. The second-order valence-electron chi connectivity index (χ2n) is 6.19. The molecule has 6 heteroatoms. The smallest absolute Gasteiger partial charge is 0.255 e. The van der Waals surface area contributed by atoms with Crippen LogP contribution in [0.4, 0.5) is 5.69 Å². The fourth-order valence-electron chi connectivity index (χ4n) is 2.72. The van der Waals surface area contributed by atoms with Crippen LogP contribution in [-0.2, 0) is 7.05 Å². The molecule has 0 radical (unpaired) electrons. The largest absolute Gasteiger partial charge is 0.345 e. The maximum Gasteiger partial charge on any atom is 0.255 e. The molecular weight excluding hydrogens is 316 g/mol. The highest BCUT2D eigenvalue weighted by Gasteiger charge is 2.15. The van der Waals surface area contributed by atoms with Gasteiger partial charge in [0.25, 0.3) is 11.8 Å². The number of benzene rings is 2. The number of nitrogens with zero attached hydrogens (tertiary/aromatic N) is 3. The lowest BCUT2D eigenvalue weighted by Crippen LogP contribution is -2.23. The summed E-state index contributed by atoms with van der Waals surface area (Å²) >= 11 is 0. The van der Waals surface area contributed by atoms with Crippen LogP contribution in [0.3, 0.4) is 0 Å². The molecule has 1 aromatic heterocycles. The molecule has 0 unspecified atom stereocenters. The molecule has 0 saturated heterocycles. The Morgan fingerprint density at radius 2 is 1.92 bits per heavy atom. The van der Waals surface area contributed by atoms with E-state index in [1.807, 2.05) is 24.6 Å².